The second-order valence-corrected chi connectivity index (χ2v) is 6.84. The molecule has 0 unspecified atom stereocenters. The zero-order valence-electron chi connectivity index (χ0n) is 15.6. The first-order valence-electron chi connectivity index (χ1n) is 8.42. The summed E-state index contributed by atoms with van der Waals surface area (Å²) in [6, 6.07) is 12.4. The van der Waals surface area contributed by atoms with E-state index >= 15 is 0 Å². The quantitative estimate of drug-likeness (QED) is 0.885. The fourth-order valence-corrected chi connectivity index (χ4v) is 2.92. The Morgan fingerprint density at radius 2 is 1.54 bits per heavy atom. The molecule has 1 N–H and O–H groups in total. The van der Waals surface area contributed by atoms with Crippen molar-refractivity contribution in [1.82, 2.24) is 4.90 Å². The molecule has 0 fully saturated rings. The predicted octanol–water partition coefficient (Wildman–Crippen LogP) is 4.38. The van der Waals surface area contributed by atoms with E-state index in [-0.39, 0.29) is 11.9 Å². The molecule has 0 heterocycles. The van der Waals surface area contributed by atoms with Crippen LogP contribution in [0.5, 0.6) is 0 Å². The highest BCUT2D eigenvalue weighted by atomic mass is 16.2. The number of carbonyl (C=O) groups is 1. The third kappa shape index (κ3) is 4.45. The molecular weight excluding hydrogens is 296 g/mol. The molecule has 0 saturated carbocycles. The lowest BCUT2D eigenvalue weighted by Gasteiger charge is -2.25. The van der Waals surface area contributed by atoms with Crippen molar-refractivity contribution >= 4 is 11.6 Å². The van der Waals surface area contributed by atoms with E-state index in [0.29, 0.717) is 0 Å². The number of benzene rings is 2. The number of aryl methyl sites for hydroxylation is 4. The van der Waals surface area contributed by atoms with Gasteiger partial charge in [0.15, 0.2) is 0 Å². The molecule has 1 atom stereocenters. The molecule has 128 valence electrons. The second kappa shape index (κ2) is 7.63. The Kier molecular flexibility index (Phi) is 5.79. The number of anilines is 1. The normalized spacial score (nSPS) is 12.3. The number of rotatable bonds is 5. The van der Waals surface area contributed by atoms with Gasteiger partial charge in [-0.3, -0.25) is 9.69 Å². The molecule has 2 rings (SSSR count). The Hall–Kier alpha value is -2.13. The summed E-state index contributed by atoms with van der Waals surface area (Å²) in [7, 11) is 1.99. The van der Waals surface area contributed by atoms with Crippen molar-refractivity contribution in [3.05, 3.63) is 64.2 Å². The van der Waals surface area contributed by atoms with Gasteiger partial charge in [-0.1, -0.05) is 47.5 Å². The topological polar surface area (TPSA) is 32.3 Å². The van der Waals surface area contributed by atoms with Crippen molar-refractivity contribution in [2.75, 3.05) is 12.4 Å². The van der Waals surface area contributed by atoms with Crippen LogP contribution in [0.3, 0.4) is 0 Å². The Morgan fingerprint density at radius 3 is 2.08 bits per heavy atom. The van der Waals surface area contributed by atoms with E-state index in [1.165, 1.54) is 16.7 Å². The summed E-state index contributed by atoms with van der Waals surface area (Å²) in [5.41, 5.74) is 6.82. The Morgan fingerprint density at radius 1 is 1.00 bits per heavy atom. The van der Waals surface area contributed by atoms with Gasteiger partial charge >= 0.3 is 0 Å². The van der Waals surface area contributed by atoms with Gasteiger partial charge in [-0.15, -0.1) is 0 Å². The van der Waals surface area contributed by atoms with Gasteiger partial charge in [-0.2, -0.15) is 0 Å². The van der Waals surface area contributed by atoms with E-state index in [0.717, 1.165) is 23.4 Å². The van der Waals surface area contributed by atoms with Crippen LogP contribution >= 0.6 is 0 Å². The number of hydrogen-bond acceptors (Lipinski definition) is 2. The first kappa shape index (κ1) is 18.2. The zero-order valence-corrected chi connectivity index (χ0v) is 15.6. The molecule has 0 aliphatic heterocycles. The van der Waals surface area contributed by atoms with Crippen molar-refractivity contribution in [2.24, 2.45) is 0 Å². The molecule has 0 radical (unpaired) electrons. The maximum atomic E-state index is 12.6. The average molecular weight is 324 g/mol. The van der Waals surface area contributed by atoms with Gasteiger partial charge in [0.1, 0.15) is 0 Å². The first-order valence-corrected chi connectivity index (χ1v) is 8.42. The largest absolute Gasteiger partial charge is 0.324 e. The molecule has 0 aromatic heterocycles. The van der Waals surface area contributed by atoms with Crippen molar-refractivity contribution in [3.63, 3.8) is 0 Å². The highest BCUT2D eigenvalue weighted by molar-refractivity contribution is 5.95. The van der Waals surface area contributed by atoms with Crippen LogP contribution < -0.4 is 5.32 Å². The van der Waals surface area contributed by atoms with E-state index < -0.39 is 0 Å². The number of likely N-dealkylation sites (N-methyl/N-ethyl adjacent to an activating group) is 1. The Labute approximate surface area is 145 Å². The number of carbonyl (C=O) groups excluding carboxylic acids is 1. The van der Waals surface area contributed by atoms with Gasteiger partial charge in [-0.05, 0) is 58.4 Å². The van der Waals surface area contributed by atoms with Crippen LogP contribution in [0.2, 0.25) is 0 Å². The summed E-state index contributed by atoms with van der Waals surface area (Å²) in [6.45, 7) is 10.9. The minimum absolute atomic E-state index is 0.0275. The van der Waals surface area contributed by atoms with Crippen LogP contribution in [0.25, 0.3) is 0 Å². The minimum atomic E-state index is -0.202. The molecule has 0 saturated heterocycles. The summed E-state index contributed by atoms with van der Waals surface area (Å²) in [5.74, 6) is 0.0275. The van der Waals surface area contributed by atoms with E-state index in [9.17, 15) is 4.79 Å². The standard InChI is InChI=1S/C21H28N2O/c1-14-7-9-19(10-8-14)13-23(6)18(5)21(24)22-20-16(3)11-15(2)12-17(20)4/h7-12,18H,13H2,1-6H3,(H,22,24)/t18-/m0/s1. The number of amides is 1. The third-order valence-electron chi connectivity index (χ3n) is 4.52. The number of hydrogen-bond donors (Lipinski definition) is 1. The summed E-state index contributed by atoms with van der Waals surface area (Å²) < 4.78 is 0. The molecule has 0 spiro atoms. The molecule has 0 aliphatic carbocycles. The lowest BCUT2D eigenvalue weighted by molar-refractivity contribution is -0.120. The molecule has 3 heteroatoms. The van der Waals surface area contributed by atoms with Crippen molar-refractivity contribution in [3.8, 4) is 0 Å². The Bertz CT molecular complexity index is 696. The van der Waals surface area contributed by atoms with E-state index in [1.54, 1.807) is 0 Å². The second-order valence-electron chi connectivity index (χ2n) is 6.84. The smallest absolute Gasteiger partial charge is 0.241 e. The van der Waals surface area contributed by atoms with Crippen LogP contribution in [0.1, 0.15) is 34.7 Å². The van der Waals surface area contributed by atoms with E-state index in [4.69, 9.17) is 0 Å². The number of nitrogens with zero attached hydrogens (tertiary/aromatic N) is 1. The number of nitrogens with one attached hydrogen (secondary N) is 1. The van der Waals surface area contributed by atoms with Gasteiger partial charge in [0, 0.05) is 12.2 Å². The van der Waals surface area contributed by atoms with E-state index in [2.05, 4.69) is 60.5 Å². The third-order valence-corrected chi connectivity index (χ3v) is 4.52. The van der Waals surface area contributed by atoms with Crippen LogP contribution in [0.15, 0.2) is 36.4 Å². The van der Waals surface area contributed by atoms with Crippen molar-refractivity contribution < 1.29 is 4.79 Å². The van der Waals surface area contributed by atoms with Crippen molar-refractivity contribution in [2.45, 2.75) is 47.2 Å². The predicted molar refractivity (Wildman–Crippen MR) is 101 cm³/mol. The summed E-state index contributed by atoms with van der Waals surface area (Å²) in [6.07, 6.45) is 0. The highest BCUT2D eigenvalue weighted by Crippen LogP contribution is 2.22. The average Bonchev–Trinajstić information content (AvgIpc) is 2.52. The Balaban J connectivity index is 2.05. The maximum absolute atomic E-state index is 12.6. The monoisotopic (exact) mass is 324 g/mol. The minimum Gasteiger partial charge on any atom is -0.324 e. The van der Waals surface area contributed by atoms with Gasteiger partial charge in [0.05, 0.1) is 6.04 Å². The van der Waals surface area contributed by atoms with E-state index in [1.807, 2.05) is 27.8 Å². The molecule has 2 aromatic carbocycles. The first-order chi connectivity index (χ1) is 11.3. The van der Waals surface area contributed by atoms with Gasteiger partial charge in [-0.25, -0.2) is 0 Å². The fourth-order valence-electron chi connectivity index (χ4n) is 2.92. The van der Waals surface area contributed by atoms with Crippen LogP contribution in [-0.2, 0) is 11.3 Å². The highest BCUT2D eigenvalue weighted by Gasteiger charge is 2.19. The molecule has 3 nitrogen and oxygen atoms in total. The van der Waals surface area contributed by atoms with Gasteiger partial charge in [0.25, 0.3) is 0 Å². The van der Waals surface area contributed by atoms with Crippen LogP contribution in [0.4, 0.5) is 5.69 Å². The van der Waals surface area contributed by atoms with Gasteiger partial charge in [0.2, 0.25) is 5.91 Å². The summed E-state index contributed by atoms with van der Waals surface area (Å²) in [5, 5.41) is 3.10. The maximum Gasteiger partial charge on any atom is 0.241 e. The fraction of sp³-hybridized carbons (Fsp3) is 0.381. The SMILES string of the molecule is Cc1ccc(CN(C)[C@@H](C)C(=O)Nc2c(C)cc(C)cc2C)cc1. The lowest BCUT2D eigenvalue weighted by atomic mass is 10.0. The zero-order chi connectivity index (χ0) is 17.9. The molecule has 0 bridgehead atoms. The molecule has 24 heavy (non-hydrogen) atoms. The summed E-state index contributed by atoms with van der Waals surface area (Å²) >= 11 is 0. The molecule has 1 amide bonds. The van der Waals surface area contributed by atoms with Crippen LogP contribution in [-0.4, -0.2) is 23.9 Å². The van der Waals surface area contributed by atoms with Gasteiger partial charge < -0.3 is 5.32 Å². The molecule has 2 aromatic rings. The summed E-state index contributed by atoms with van der Waals surface area (Å²) in [4.78, 5) is 14.7. The molecular formula is C21H28N2O. The lowest BCUT2D eigenvalue weighted by Crippen LogP contribution is -2.39. The van der Waals surface area contributed by atoms with Crippen molar-refractivity contribution in [1.29, 1.82) is 0 Å². The van der Waals surface area contributed by atoms with Crippen LogP contribution in [0, 0.1) is 27.7 Å². The molecule has 0 aliphatic rings.